The zero-order valence-corrected chi connectivity index (χ0v) is 15.4. The van der Waals surface area contributed by atoms with Crippen molar-refractivity contribution in [1.82, 2.24) is 10.6 Å². The average molecular weight is 373 g/mol. The van der Waals surface area contributed by atoms with Crippen LogP contribution in [0.4, 0.5) is 4.79 Å². The fraction of sp³-hybridized carbons (Fsp3) is 0.158. The quantitative estimate of drug-likeness (QED) is 0.610. The number of Topliss-reactive ketones (excluding diaryl/α,β-unsaturated/α-hetero) is 1. The van der Waals surface area contributed by atoms with Gasteiger partial charge in [-0.25, -0.2) is 4.79 Å². The van der Waals surface area contributed by atoms with Gasteiger partial charge in [-0.2, -0.15) is 0 Å². The molecule has 2 amide bonds. The largest absolute Gasteiger partial charge is 0.327 e. The van der Waals surface area contributed by atoms with Gasteiger partial charge in [0.2, 0.25) is 0 Å². The molecule has 2 aromatic rings. The third-order valence-electron chi connectivity index (χ3n) is 4.07. The van der Waals surface area contributed by atoms with Gasteiger partial charge >= 0.3 is 6.03 Å². The van der Waals surface area contributed by atoms with E-state index in [1.54, 1.807) is 43.0 Å². The third-order valence-corrected chi connectivity index (χ3v) is 5.06. The van der Waals surface area contributed by atoms with Gasteiger partial charge in [0.1, 0.15) is 0 Å². The molecule has 0 fully saturated rings. The lowest BCUT2D eigenvalue weighted by atomic mass is 9.90. The van der Waals surface area contributed by atoms with Crippen molar-refractivity contribution >= 4 is 35.2 Å². The van der Waals surface area contributed by atoms with Crippen molar-refractivity contribution < 1.29 is 9.59 Å². The Bertz CT molecular complexity index is 845. The van der Waals surface area contributed by atoms with Crippen LogP contribution in [-0.4, -0.2) is 18.1 Å². The highest BCUT2D eigenvalue weighted by Crippen LogP contribution is 2.30. The minimum atomic E-state index is -0.493. The fourth-order valence-corrected chi connectivity index (χ4v) is 3.33. The summed E-state index contributed by atoms with van der Waals surface area (Å²) in [5, 5.41) is 6.11. The van der Waals surface area contributed by atoms with Crippen LogP contribution < -0.4 is 10.6 Å². The molecule has 1 heterocycles. The first kappa shape index (κ1) is 17.6. The van der Waals surface area contributed by atoms with E-state index in [1.165, 1.54) is 0 Å². The number of thioether (sulfide) groups is 1. The number of ketones is 1. The molecule has 4 nitrogen and oxygen atoms in total. The summed E-state index contributed by atoms with van der Waals surface area (Å²) < 4.78 is 0. The maximum Gasteiger partial charge on any atom is 0.319 e. The van der Waals surface area contributed by atoms with Crippen molar-refractivity contribution in [2.24, 2.45) is 0 Å². The van der Waals surface area contributed by atoms with Crippen molar-refractivity contribution in [3.8, 4) is 0 Å². The molecule has 0 saturated heterocycles. The van der Waals surface area contributed by atoms with Gasteiger partial charge in [0.25, 0.3) is 0 Å². The smallest absolute Gasteiger partial charge is 0.319 e. The highest BCUT2D eigenvalue weighted by molar-refractivity contribution is 7.98. The van der Waals surface area contributed by atoms with E-state index in [0.717, 1.165) is 10.5 Å². The first-order valence-corrected chi connectivity index (χ1v) is 9.32. The summed E-state index contributed by atoms with van der Waals surface area (Å²) in [5.41, 5.74) is 2.48. The highest BCUT2D eigenvalue weighted by atomic mass is 35.5. The minimum Gasteiger partial charge on any atom is -0.327 e. The number of nitrogens with one attached hydrogen (secondary N) is 2. The minimum absolute atomic E-state index is 0.138. The summed E-state index contributed by atoms with van der Waals surface area (Å²) >= 11 is 7.55. The SMILES string of the molecule is CSc1ccc(C2NC(=O)NC(C)=C2C(=O)c2ccc(Cl)cc2)cc1. The number of urea groups is 1. The number of benzene rings is 2. The van der Waals surface area contributed by atoms with Gasteiger partial charge in [-0.1, -0.05) is 23.7 Å². The molecule has 0 saturated carbocycles. The molecule has 0 spiro atoms. The van der Waals surface area contributed by atoms with Crippen molar-refractivity contribution in [3.05, 3.63) is 76.0 Å². The predicted octanol–water partition coefficient (Wildman–Crippen LogP) is 4.57. The molecule has 3 rings (SSSR count). The van der Waals surface area contributed by atoms with Crippen LogP contribution in [0.1, 0.15) is 28.9 Å². The Balaban J connectivity index is 2.02. The number of hydrogen-bond donors (Lipinski definition) is 2. The standard InChI is InChI=1S/C19H17ClN2O2S/c1-11-16(18(23)13-3-7-14(20)8-4-13)17(22-19(24)21-11)12-5-9-15(25-2)10-6-12/h3-10,17H,1-2H3,(H2,21,22,24). The van der Waals surface area contributed by atoms with Gasteiger partial charge in [0.15, 0.2) is 5.78 Å². The number of carbonyl (C=O) groups excluding carboxylic acids is 2. The summed E-state index contributed by atoms with van der Waals surface area (Å²) in [4.78, 5) is 26.1. The lowest BCUT2D eigenvalue weighted by Crippen LogP contribution is -2.45. The molecular formula is C19H17ClN2O2S. The highest BCUT2D eigenvalue weighted by Gasteiger charge is 2.31. The number of rotatable bonds is 4. The van der Waals surface area contributed by atoms with Gasteiger partial charge in [-0.15, -0.1) is 11.8 Å². The number of halogens is 1. The Labute approximate surface area is 155 Å². The molecule has 1 atom stereocenters. The molecule has 1 unspecified atom stereocenters. The van der Waals surface area contributed by atoms with E-state index < -0.39 is 6.04 Å². The molecule has 1 aliphatic rings. The Kier molecular flexibility index (Phi) is 5.16. The summed E-state index contributed by atoms with van der Waals surface area (Å²) in [6.45, 7) is 1.74. The molecule has 25 heavy (non-hydrogen) atoms. The van der Waals surface area contributed by atoms with Crippen molar-refractivity contribution in [1.29, 1.82) is 0 Å². The van der Waals surface area contributed by atoms with Gasteiger partial charge in [0, 0.05) is 26.8 Å². The van der Waals surface area contributed by atoms with Crippen molar-refractivity contribution in [3.63, 3.8) is 0 Å². The molecular weight excluding hydrogens is 356 g/mol. The third kappa shape index (κ3) is 3.72. The Morgan fingerprint density at radius 2 is 1.72 bits per heavy atom. The maximum absolute atomic E-state index is 13.0. The van der Waals surface area contributed by atoms with Crippen LogP contribution in [-0.2, 0) is 0 Å². The zero-order valence-electron chi connectivity index (χ0n) is 13.8. The molecule has 2 N–H and O–H groups in total. The molecule has 1 aliphatic heterocycles. The molecule has 0 bridgehead atoms. The van der Waals surface area contributed by atoms with Crippen LogP contribution >= 0.6 is 23.4 Å². The average Bonchev–Trinajstić information content (AvgIpc) is 2.61. The molecule has 0 aliphatic carbocycles. The van der Waals surface area contributed by atoms with Gasteiger partial charge in [0.05, 0.1) is 6.04 Å². The maximum atomic E-state index is 13.0. The van der Waals surface area contributed by atoms with Gasteiger partial charge < -0.3 is 10.6 Å². The first-order chi connectivity index (χ1) is 12.0. The molecule has 0 aromatic heterocycles. The van der Waals surface area contributed by atoms with Crippen LogP contribution in [0, 0.1) is 0 Å². The monoisotopic (exact) mass is 372 g/mol. The van der Waals surface area contributed by atoms with Crippen molar-refractivity contribution in [2.45, 2.75) is 17.9 Å². The second-order valence-electron chi connectivity index (χ2n) is 5.68. The van der Waals surface area contributed by atoms with Gasteiger partial charge in [-0.05, 0) is 55.1 Å². The fourth-order valence-electron chi connectivity index (χ4n) is 2.80. The van der Waals surface area contributed by atoms with E-state index in [0.29, 0.717) is 21.9 Å². The number of hydrogen-bond acceptors (Lipinski definition) is 3. The second-order valence-corrected chi connectivity index (χ2v) is 7.00. The lowest BCUT2D eigenvalue weighted by Gasteiger charge is -2.28. The van der Waals surface area contributed by atoms with E-state index in [2.05, 4.69) is 10.6 Å². The second kappa shape index (κ2) is 7.33. The molecule has 0 radical (unpaired) electrons. The summed E-state index contributed by atoms with van der Waals surface area (Å²) in [6.07, 6.45) is 2.00. The summed E-state index contributed by atoms with van der Waals surface area (Å²) in [6, 6.07) is 13.8. The predicted molar refractivity (Wildman–Crippen MR) is 101 cm³/mol. The van der Waals surface area contributed by atoms with Gasteiger partial charge in [-0.3, -0.25) is 4.79 Å². The number of amides is 2. The van der Waals surface area contributed by atoms with Crippen LogP contribution in [0.15, 0.2) is 64.7 Å². The van der Waals surface area contributed by atoms with Crippen LogP contribution in [0.2, 0.25) is 5.02 Å². The zero-order chi connectivity index (χ0) is 18.0. The van der Waals surface area contributed by atoms with Crippen LogP contribution in [0.5, 0.6) is 0 Å². The van der Waals surface area contributed by atoms with E-state index in [9.17, 15) is 9.59 Å². The van der Waals surface area contributed by atoms with E-state index >= 15 is 0 Å². The first-order valence-electron chi connectivity index (χ1n) is 7.72. The molecule has 2 aromatic carbocycles. The number of allylic oxidation sites excluding steroid dienone is 1. The summed E-state index contributed by atoms with van der Waals surface area (Å²) in [7, 11) is 0. The molecule has 128 valence electrons. The topological polar surface area (TPSA) is 58.2 Å². The Morgan fingerprint density at radius 3 is 2.32 bits per heavy atom. The van der Waals surface area contributed by atoms with Crippen LogP contribution in [0.3, 0.4) is 0 Å². The normalized spacial score (nSPS) is 17.1. The van der Waals surface area contributed by atoms with Crippen LogP contribution in [0.25, 0.3) is 0 Å². The number of carbonyl (C=O) groups is 2. The Hall–Kier alpha value is -2.24. The molecule has 6 heteroatoms. The van der Waals surface area contributed by atoms with Crippen molar-refractivity contribution in [2.75, 3.05) is 6.26 Å². The van der Waals surface area contributed by atoms with E-state index in [4.69, 9.17) is 11.6 Å². The van der Waals surface area contributed by atoms with E-state index in [1.807, 2.05) is 30.5 Å². The Morgan fingerprint density at radius 1 is 1.08 bits per heavy atom. The lowest BCUT2D eigenvalue weighted by molar-refractivity contribution is 0.102. The van der Waals surface area contributed by atoms with E-state index in [-0.39, 0.29) is 11.8 Å². The summed E-state index contributed by atoms with van der Waals surface area (Å²) in [5.74, 6) is -0.138.